The molecule has 2 fully saturated rings. The van der Waals surface area contributed by atoms with Crippen molar-refractivity contribution >= 4 is 6.29 Å². The summed E-state index contributed by atoms with van der Waals surface area (Å²) >= 11 is 0. The van der Waals surface area contributed by atoms with Gasteiger partial charge < -0.3 is 14.3 Å². The molecule has 1 saturated heterocycles. The fourth-order valence-corrected chi connectivity index (χ4v) is 2.32. The van der Waals surface area contributed by atoms with E-state index in [0.29, 0.717) is 19.1 Å². The zero-order valence-electron chi connectivity index (χ0n) is 7.78. The summed E-state index contributed by atoms with van der Waals surface area (Å²) in [5.41, 5.74) is 0. The van der Waals surface area contributed by atoms with Gasteiger partial charge in [-0.15, -0.1) is 0 Å². The molecule has 13 heavy (non-hydrogen) atoms. The van der Waals surface area contributed by atoms with Gasteiger partial charge in [-0.3, -0.25) is 0 Å². The molecule has 3 heteroatoms. The Bertz CT molecular complexity index is 175. The molecule has 1 saturated carbocycles. The van der Waals surface area contributed by atoms with Gasteiger partial charge in [0.25, 0.3) is 0 Å². The lowest BCUT2D eigenvalue weighted by molar-refractivity contribution is -0.130. The van der Waals surface area contributed by atoms with E-state index in [-0.39, 0.29) is 12.2 Å². The summed E-state index contributed by atoms with van der Waals surface area (Å²) in [5, 5.41) is 0. The van der Waals surface area contributed by atoms with E-state index in [0.717, 1.165) is 19.1 Å². The molecule has 3 nitrogen and oxygen atoms in total. The molecule has 74 valence electrons. The van der Waals surface area contributed by atoms with Crippen molar-refractivity contribution in [3.05, 3.63) is 0 Å². The summed E-state index contributed by atoms with van der Waals surface area (Å²) in [6.07, 6.45) is 5.45. The van der Waals surface area contributed by atoms with Crippen molar-refractivity contribution in [3.63, 3.8) is 0 Å². The van der Waals surface area contributed by atoms with Gasteiger partial charge >= 0.3 is 0 Å². The third kappa shape index (κ3) is 1.92. The first-order valence-corrected chi connectivity index (χ1v) is 5.10. The molecule has 0 amide bonds. The second kappa shape index (κ2) is 4.20. The van der Waals surface area contributed by atoms with Crippen LogP contribution in [0, 0.1) is 11.8 Å². The molecule has 1 aliphatic heterocycles. The smallest absolute Gasteiger partial charge is 0.161 e. The van der Waals surface area contributed by atoms with Gasteiger partial charge in [0.05, 0.1) is 13.2 Å². The maximum absolute atomic E-state index is 10.8. The standard InChI is InChI=1S/C10H16O3/c11-7-8-3-1-2-4-9(8)10-12-5-6-13-10/h7-10H,1-6H2. The minimum Gasteiger partial charge on any atom is -0.350 e. The van der Waals surface area contributed by atoms with Crippen LogP contribution < -0.4 is 0 Å². The van der Waals surface area contributed by atoms with Crippen LogP contribution in [-0.2, 0) is 14.3 Å². The zero-order chi connectivity index (χ0) is 9.10. The average molecular weight is 184 g/mol. The number of aldehydes is 1. The van der Waals surface area contributed by atoms with Gasteiger partial charge in [-0.25, -0.2) is 0 Å². The monoisotopic (exact) mass is 184 g/mol. The second-order valence-corrected chi connectivity index (χ2v) is 3.86. The molecule has 1 aliphatic carbocycles. The van der Waals surface area contributed by atoms with E-state index in [1.807, 2.05) is 0 Å². The summed E-state index contributed by atoms with van der Waals surface area (Å²) in [6.45, 7) is 1.37. The molecule has 0 aromatic rings. The fraction of sp³-hybridized carbons (Fsp3) is 0.900. The average Bonchev–Trinajstić information content (AvgIpc) is 2.70. The maximum Gasteiger partial charge on any atom is 0.161 e. The first-order chi connectivity index (χ1) is 6.42. The molecule has 2 atom stereocenters. The van der Waals surface area contributed by atoms with Crippen LogP contribution in [0.15, 0.2) is 0 Å². The van der Waals surface area contributed by atoms with Crippen LogP contribution in [-0.4, -0.2) is 25.8 Å². The molecule has 2 rings (SSSR count). The summed E-state index contributed by atoms with van der Waals surface area (Å²) in [5.74, 6) is 0.477. The number of hydrogen-bond acceptors (Lipinski definition) is 3. The SMILES string of the molecule is O=CC1CCCCC1C1OCCO1. The lowest BCUT2D eigenvalue weighted by Crippen LogP contribution is -2.32. The Hall–Kier alpha value is -0.410. The molecule has 0 spiro atoms. The zero-order valence-corrected chi connectivity index (χ0v) is 7.78. The summed E-state index contributed by atoms with van der Waals surface area (Å²) in [4.78, 5) is 10.8. The summed E-state index contributed by atoms with van der Waals surface area (Å²) < 4.78 is 10.9. The van der Waals surface area contributed by atoms with Gasteiger partial charge in [0.15, 0.2) is 6.29 Å². The van der Waals surface area contributed by atoms with Crippen LogP contribution in [0.3, 0.4) is 0 Å². The van der Waals surface area contributed by atoms with Gasteiger partial charge in [-0.1, -0.05) is 12.8 Å². The Morgan fingerprint density at radius 1 is 1.08 bits per heavy atom. The van der Waals surface area contributed by atoms with Gasteiger partial charge in [-0.2, -0.15) is 0 Å². The molecule has 0 radical (unpaired) electrons. The first kappa shape index (κ1) is 9.16. The van der Waals surface area contributed by atoms with Crippen molar-refractivity contribution < 1.29 is 14.3 Å². The number of carbonyl (C=O) groups excluding carboxylic acids is 1. The van der Waals surface area contributed by atoms with E-state index in [2.05, 4.69) is 0 Å². The molecule has 0 aromatic carbocycles. The van der Waals surface area contributed by atoms with Crippen molar-refractivity contribution in [2.75, 3.05) is 13.2 Å². The van der Waals surface area contributed by atoms with Gasteiger partial charge in [0.2, 0.25) is 0 Å². The largest absolute Gasteiger partial charge is 0.350 e. The Morgan fingerprint density at radius 2 is 1.77 bits per heavy atom. The summed E-state index contributed by atoms with van der Waals surface area (Å²) in [7, 11) is 0. The predicted octanol–water partition coefficient (Wildman–Crippen LogP) is 1.36. The van der Waals surface area contributed by atoms with Crippen molar-refractivity contribution in [1.29, 1.82) is 0 Å². The van der Waals surface area contributed by atoms with Crippen molar-refractivity contribution in [2.45, 2.75) is 32.0 Å². The number of ether oxygens (including phenoxy) is 2. The summed E-state index contributed by atoms with van der Waals surface area (Å²) in [6, 6.07) is 0. The number of hydrogen-bond donors (Lipinski definition) is 0. The highest BCUT2D eigenvalue weighted by Crippen LogP contribution is 2.33. The van der Waals surface area contributed by atoms with Gasteiger partial charge in [0.1, 0.15) is 6.29 Å². The van der Waals surface area contributed by atoms with Crippen LogP contribution in [0.25, 0.3) is 0 Å². The third-order valence-corrected chi connectivity index (χ3v) is 3.05. The Balaban J connectivity index is 1.96. The highest BCUT2D eigenvalue weighted by atomic mass is 16.7. The highest BCUT2D eigenvalue weighted by molar-refractivity contribution is 5.54. The van der Waals surface area contributed by atoms with Crippen LogP contribution >= 0.6 is 0 Å². The van der Waals surface area contributed by atoms with Crippen LogP contribution in [0.4, 0.5) is 0 Å². The number of carbonyl (C=O) groups is 1. The molecular formula is C10H16O3. The van der Waals surface area contributed by atoms with E-state index >= 15 is 0 Å². The van der Waals surface area contributed by atoms with E-state index < -0.39 is 0 Å². The second-order valence-electron chi connectivity index (χ2n) is 3.86. The topological polar surface area (TPSA) is 35.5 Å². The molecule has 1 heterocycles. The van der Waals surface area contributed by atoms with Gasteiger partial charge in [-0.05, 0) is 12.8 Å². The van der Waals surface area contributed by atoms with Crippen molar-refractivity contribution in [2.24, 2.45) is 11.8 Å². The fourth-order valence-electron chi connectivity index (χ4n) is 2.32. The Kier molecular flexibility index (Phi) is 2.96. The molecule has 2 aliphatic rings. The maximum atomic E-state index is 10.8. The highest BCUT2D eigenvalue weighted by Gasteiger charge is 2.34. The Labute approximate surface area is 78.4 Å². The molecule has 0 bridgehead atoms. The quantitative estimate of drug-likeness (QED) is 0.608. The van der Waals surface area contributed by atoms with E-state index in [9.17, 15) is 4.79 Å². The molecular weight excluding hydrogens is 168 g/mol. The van der Waals surface area contributed by atoms with Crippen LogP contribution in [0.1, 0.15) is 25.7 Å². The van der Waals surface area contributed by atoms with E-state index in [4.69, 9.17) is 9.47 Å². The minimum atomic E-state index is -0.101. The lowest BCUT2D eigenvalue weighted by atomic mass is 9.80. The molecule has 0 aromatic heterocycles. The molecule has 0 N–H and O–H groups in total. The third-order valence-electron chi connectivity index (χ3n) is 3.05. The first-order valence-electron chi connectivity index (χ1n) is 5.10. The minimum absolute atomic E-state index is 0.101. The van der Waals surface area contributed by atoms with Gasteiger partial charge in [0, 0.05) is 11.8 Å². The Morgan fingerprint density at radius 3 is 2.46 bits per heavy atom. The lowest BCUT2D eigenvalue weighted by Gasteiger charge is -2.30. The van der Waals surface area contributed by atoms with Crippen molar-refractivity contribution in [3.8, 4) is 0 Å². The van der Waals surface area contributed by atoms with Crippen molar-refractivity contribution in [1.82, 2.24) is 0 Å². The van der Waals surface area contributed by atoms with Crippen LogP contribution in [0.2, 0.25) is 0 Å². The molecule has 2 unspecified atom stereocenters. The number of rotatable bonds is 2. The normalized spacial score (nSPS) is 36.3. The predicted molar refractivity (Wildman–Crippen MR) is 47.2 cm³/mol. The van der Waals surface area contributed by atoms with E-state index in [1.54, 1.807) is 0 Å². The van der Waals surface area contributed by atoms with E-state index in [1.165, 1.54) is 12.8 Å². The van der Waals surface area contributed by atoms with Crippen LogP contribution in [0.5, 0.6) is 0 Å².